The maximum absolute atomic E-state index is 13.2. The second-order valence-electron chi connectivity index (χ2n) is 7.10. The van der Waals surface area contributed by atoms with Gasteiger partial charge in [-0.3, -0.25) is 14.8 Å². The highest BCUT2D eigenvalue weighted by Gasteiger charge is 2.17. The number of nitrogens with zero attached hydrogens (tertiary/aromatic N) is 2. The SMILES string of the molecule is O=C(NCc1ccccc1CN1CCCC1)c1cn[nH]c1-c1ccc(F)cc1. The zero-order valence-electron chi connectivity index (χ0n) is 15.6. The molecule has 1 aliphatic heterocycles. The average Bonchev–Trinajstić information content (AvgIpc) is 3.40. The molecular formula is C22H23FN4O. The number of aromatic nitrogens is 2. The van der Waals surface area contributed by atoms with Crippen molar-refractivity contribution in [3.05, 3.63) is 77.2 Å². The lowest BCUT2D eigenvalue weighted by Gasteiger charge is -2.17. The summed E-state index contributed by atoms with van der Waals surface area (Å²) in [6.45, 7) is 3.64. The molecule has 2 N–H and O–H groups in total. The highest BCUT2D eigenvalue weighted by atomic mass is 19.1. The van der Waals surface area contributed by atoms with E-state index in [9.17, 15) is 9.18 Å². The minimum atomic E-state index is -0.316. The van der Waals surface area contributed by atoms with Crippen LogP contribution >= 0.6 is 0 Å². The molecule has 28 heavy (non-hydrogen) atoms. The fraction of sp³-hybridized carbons (Fsp3) is 0.273. The number of hydrogen-bond acceptors (Lipinski definition) is 3. The lowest BCUT2D eigenvalue weighted by Crippen LogP contribution is -2.25. The van der Waals surface area contributed by atoms with E-state index < -0.39 is 0 Å². The molecule has 4 rings (SSSR count). The molecule has 0 spiro atoms. The van der Waals surface area contributed by atoms with Crippen LogP contribution in [0.4, 0.5) is 4.39 Å². The minimum absolute atomic E-state index is 0.205. The van der Waals surface area contributed by atoms with E-state index in [2.05, 4.69) is 32.5 Å². The number of halogens is 1. The number of likely N-dealkylation sites (tertiary alicyclic amines) is 1. The van der Waals surface area contributed by atoms with Gasteiger partial charge in [-0.1, -0.05) is 24.3 Å². The molecule has 1 aliphatic rings. The molecule has 0 radical (unpaired) electrons. The molecule has 1 fully saturated rings. The molecule has 5 nitrogen and oxygen atoms in total. The maximum atomic E-state index is 13.2. The number of aromatic amines is 1. The lowest BCUT2D eigenvalue weighted by molar-refractivity contribution is 0.0951. The number of benzene rings is 2. The smallest absolute Gasteiger partial charge is 0.255 e. The van der Waals surface area contributed by atoms with E-state index in [0.29, 0.717) is 17.8 Å². The van der Waals surface area contributed by atoms with E-state index in [1.54, 1.807) is 12.1 Å². The van der Waals surface area contributed by atoms with Gasteiger partial charge >= 0.3 is 0 Å². The molecule has 144 valence electrons. The molecule has 1 saturated heterocycles. The van der Waals surface area contributed by atoms with E-state index in [4.69, 9.17) is 0 Å². The van der Waals surface area contributed by atoms with Gasteiger partial charge in [-0.15, -0.1) is 0 Å². The molecule has 2 aromatic carbocycles. The quantitative estimate of drug-likeness (QED) is 0.687. The summed E-state index contributed by atoms with van der Waals surface area (Å²) < 4.78 is 13.2. The third-order valence-corrected chi connectivity index (χ3v) is 5.17. The Bertz CT molecular complexity index is 945. The summed E-state index contributed by atoms with van der Waals surface area (Å²) in [5.41, 5.74) is 4.12. The Morgan fingerprint density at radius 1 is 1.07 bits per heavy atom. The molecule has 0 aliphatic carbocycles. The van der Waals surface area contributed by atoms with Crippen LogP contribution in [0.5, 0.6) is 0 Å². The van der Waals surface area contributed by atoms with Gasteiger partial charge in [0.05, 0.1) is 17.5 Å². The molecule has 1 aromatic heterocycles. The Hall–Kier alpha value is -2.99. The Morgan fingerprint density at radius 2 is 1.79 bits per heavy atom. The van der Waals surface area contributed by atoms with Gasteiger partial charge in [0.2, 0.25) is 0 Å². The molecular weight excluding hydrogens is 355 g/mol. The zero-order valence-corrected chi connectivity index (χ0v) is 15.6. The standard InChI is InChI=1S/C22H23FN4O/c23-19-9-7-16(8-10-19)21-20(14-25-26-21)22(28)24-13-17-5-1-2-6-18(17)15-27-11-3-4-12-27/h1-2,5-10,14H,3-4,11-13,15H2,(H,24,28)(H,25,26). The molecule has 0 atom stereocenters. The van der Waals surface area contributed by atoms with Gasteiger partial charge in [-0.05, 0) is 61.3 Å². The monoisotopic (exact) mass is 378 g/mol. The number of rotatable bonds is 6. The summed E-state index contributed by atoms with van der Waals surface area (Å²) in [7, 11) is 0. The Morgan fingerprint density at radius 3 is 2.54 bits per heavy atom. The van der Waals surface area contributed by atoms with Gasteiger partial charge in [-0.2, -0.15) is 5.10 Å². The van der Waals surface area contributed by atoms with Crippen molar-refractivity contribution < 1.29 is 9.18 Å². The second-order valence-corrected chi connectivity index (χ2v) is 7.10. The van der Waals surface area contributed by atoms with E-state index >= 15 is 0 Å². The minimum Gasteiger partial charge on any atom is -0.348 e. The number of carbonyl (C=O) groups is 1. The summed E-state index contributed by atoms with van der Waals surface area (Å²) in [5.74, 6) is -0.520. The zero-order chi connectivity index (χ0) is 19.3. The summed E-state index contributed by atoms with van der Waals surface area (Å²) in [6.07, 6.45) is 4.02. The predicted octanol–water partition coefficient (Wildman–Crippen LogP) is 3.74. The van der Waals surface area contributed by atoms with Crippen molar-refractivity contribution in [2.45, 2.75) is 25.9 Å². The predicted molar refractivity (Wildman–Crippen MR) is 106 cm³/mol. The summed E-state index contributed by atoms with van der Waals surface area (Å²) in [6, 6.07) is 14.2. The first-order valence-electron chi connectivity index (χ1n) is 9.57. The van der Waals surface area contributed by atoms with Crippen molar-refractivity contribution in [2.24, 2.45) is 0 Å². The van der Waals surface area contributed by atoms with Gasteiger partial charge < -0.3 is 5.32 Å². The fourth-order valence-electron chi connectivity index (χ4n) is 3.63. The third kappa shape index (κ3) is 4.12. The van der Waals surface area contributed by atoms with Gasteiger partial charge in [-0.25, -0.2) is 4.39 Å². The van der Waals surface area contributed by atoms with Crippen molar-refractivity contribution >= 4 is 5.91 Å². The van der Waals surface area contributed by atoms with Crippen molar-refractivity contribution in [1.82, 2.24) is 20.4 Å². The molecule has 6 heteroatoms. The van der Waals surface area contributed by atoms with Crippen LogP contribution in [0.2, 0.25) is 0 Å². The van der Waals surface area contributed by atoms with E-state index in [1.165, 1.54) is 36.7 Å². The highest BCUT2D eigenvalue weighted by molar-refractivity contribution is 5.99. The maximum Gasteiger partial charge on any atom is 0.255 e. The Balaban J connectivity index is 1.46. The van der Waals surface area contributed by atoms with Gasteiger partial charge in [0, 0.05) is 18.7 Å². The van der Waals surface area contributed by atoms with Crippen LogP contribution in [0, 0.1) is 5.82 Å². The van der Waals surface area contributed by atoms with Gasteiger partial charge in [0.15, 0.2) is 0 Å². The topological polar surface area (TPSA) is 61.0 Å². The number of hydrogen-bond donors (Lipinski definition) is 2. The number of nitrogens with one attached hydrogen (secondary N) is 2. The van der Waals surface area contributed by atoms with E-state index in [-0.39, 0.29) is 11.7 Å². The number of amides is 1. The van der Waals surface area contributed by atoms with Crippen molar-refractivity contribution in [1.29, 1.82) is 0 Å². The van der Waals surface area contributed by atoms with Crippen LogP contribution in [0.15, 0.2) is 54.7 Å². The molecule has 0 unspecified atom stereocenters. The summed E-state index contributed by atoms with van der Waals surface area (Å²) in [5, 5.41) is 9.83. The highest BCUT2D eigenvalue weighted by Crippen LogP contribution is 2.22. The first kappa shape index (κ1) is 18.4. The van der Waals surface area contributed by atoms with Gasteiger partial charge in [0.1, 0.15) is 5.82 Å². The van der Waals surface area contributed by atoms with E-state index in [1.807, 2.05) is 12.1 Å². The lowest BCUT2D eigenvalue weighted by atomic mass is 10.1. The Labute approximate surface area is 163 Å². The largest absolute Gasteiger partial charge is 0.348 e. The normalized spacial score (nSPS) is 14.3. The van der Waals surface area contributed by atoms with Crippen LogP contribution < -0.4 is 5.32 Å². The number of carbonyl (C=O) groups excluding carboxylic acids is 1. The molecule has 1 amide bonds. The summed E-state index contributed by atoms with van der Waals surface area (Å²) in [4.78, 5) is 15.2. The first-order valence-corrected chi connectivity index (χ1v) is 9.57. The van der Waals surface area contributed by atoms with Gasteiger partial charge in [0.25, 0.3) is 5.91 Å². The molecule has 0 bridgehead atoms. The third-order valence-electron chi connectivity index (χ3n) is 5.17. The summed E-state index contributed by atoms with van der Waals surface area (Å²) >= 11 is 0. The van der Waals surface area contributed by atoms with Crippen LogP contribution in [0.25, 0.3) is 11.3 Å². The van der Waals surface area contributed by atoms with Crippen molar-refractivity contribution in [3.63, 3.8) is 0 Å². The molecule has 3 aromatic rings. The van der Waals surface area contributed by atoms with Crippen LogP contribution in [0.1, 0.15) is 34.3 Å². The van der Waals surface area contributed by atoms with Crippen molar-refractivity contribution in [2.75, 3.05) is 13.1 Å². The van der Waals surface area contributed by atoms with Crippen LogP contribution in [0.3, 0.4) is 0 Å². The molecule has 2 heterocycles. The Kier molecular flexibility index (Phi) is 5.48. The first-order chi connectivity index (χ1) is 13.7. The van der Waals surface area contributed by atoms with Crippen LogP contribution in [-0.4, -0.2) is 34.1 Å². The van der Waals surface area contributed by atoms with Crippen LogP contribution in [-0.2, 0) is 13.1 Å². The second kappa shape index (κ2) is 8.35. The van der Waals surface area contributed by atoms with E-state index in [0.717, 1.165) is 30.8 Å². The fourth-order valence-corrected chi connectivity index (χ4v) is 3.63. The number of H-pyrrole nitrogens is 1. The van der Waals surface area contributed by atoms with Crippen molar-refractivity contribution in [3.8, 4) is 11.3 Å². The molecule has 0 saturated carbocycles. The average molecular weight is 378 g/mol.